The summed E-state index contributed by atoms with van der Waals surface area (Å²) in [6.45, 7) is 1.94. The van der Waals surface area contributed by atoms with Crippen LogP contribution in [-0.4, -0.2) is 9.97 Å². The van der Waals surface area contributed by atoms with Gasteiger partial charge in [0.1, 0.15) is 17.5 Å². The summed E-state index contributed by atoms with van der Waals surface area (Å²) in [5.74, 6) is 0.664. The van der Waals surface area contributed by atoms with E-state index < -0.39 is 0 Å². The number of halogens is 1. The molecule has 0 fully saturated rings. The lowest BCUT2D eigenvalue weighted by Crippen LogP contribution is -2.01. The van der Waals surface area contributed by atoms with E-state index in [-0.39, 0.29) is 5.82 Å². The zero-order valence-electron chi connectivity index (χ0n) is 8.94. The molecule has 0 saturated carbocycles. The third-order valence-electron chi connectivity index (χ3n) is 2.35. The van der Waals surface area contributed by atoms with Gasteiger partial charge in [-0.25, -0.2) is 14.4 Å². The first-order valence-corrected chi connectivity index (χ1v) is 5.08. The molecule has 3 nitrogen and oxygen atoms in total. The first kappa shape index (κ1) is 10.5. The Bertz CT molecular complexity index is 511. The zero-order chi connectivity index (χ0) is 11.5. The third kappa shape index (κ3) is 1.86. The van der Waals surface area contributed by atoms with Gasteiger partial charge in [0.25, 0.3) is 0 Å². The second-order valence-corrected chi connectivity index (χ2v) is 3.42. The van der Waals surface area contributed by atoms with Gasteiger partial charge in [-0.2, -0.15) is 0 Å². The molecule has 0 bridgehead atoms. The Morgan fingerprint density at radius 3 is 2.62 bits per heavy atom. The largest absolute Gasteiger partial charge is 0.383 e. The minimum Gasteiger partial charge on any atom is -0.383 e. The maximum absolute atomic E-state index is 13.5. The molecule has 16 heavy (non-hydrogen) atoms. The quantitative estimate of drug-likeness (QED) is 0.840. The fraction of sp³-hybridized carbons (Fsp3) is 0.167. The highest BCUT2D eigenvalue weighted by Crippen LogP contribution is 2.25. The van der Waals surface area contributed by atoms with Gasteiger partial charge in [0.15, 0.2) is 0 Å². The van der Waals surface area contributed by atoms with Gasteiger partial charge < -0.3 is 5.73 Å². The number of nitrogens with two attached hydrogens (primary N) is 1. The summed E-state index contributed by atoms with van der Waals surface area (Å²) in [4.78, 5) is 8.23. The molecule has 0 aliphatic heterocycles. The molecule has 0 unspecified atom stereocenters. The van der Waals surface area contributed by atoms with Crippen LogP contribution in [0.1, 0.15) is 12.7 Å². The number of benzene rings is 1. The second kappa shape index (κ2) is 4.26. The molecule has 0 atom stereocenters. The summed E-state index contributed by atoms with van der Waals surface area (Å²) in [5.41, 5.74) is 6.75. The Morgan fingerprint density at radius 1 is 1.25 bits per heavy atom. The monoisotopic (exact) mass is 217 g/mol. The molecule has 0 radical (unpaired) electrons. The maximum atomic E-state index is 13.5. The van der Waals surface area contributed by atoms with Crippen LogP contribution in [0.3, 0.4) is 0 Å². The van der Waals surface area contributed by atoms with E-state index in [0.717, 1.165) is 0 Å². The van der Waals surface area contributed by atoms with Crippen LogP contribution in [0.4, 0.5) is 10.2 Å². The number of aromatic nitrogens is 2. The van der Waals surface area contributed by atoms with Crippen molar-refractivity contribution < 1.29 is 4.39 Å². The predicted molar refractivity (Wildman–Crippen MR) is 61.2 cm³/mol. The van der Waals surface area contributed by atoms with Crippen molar-refractivity contribution in [2.45, 2.75) is 13.3 Å². The smallest absolute Gasteiger partial charge is 0.135 e. The summed E-state index contributed by atoms with van der Waals surface area (Å²) in [7, 11) is 0. The van der Waals surface area contributed by atoms with E-state index in [9.17, 15) is 4.39 Å². The van der Waals surface area contributed by atoms with Crippen LogP contribution in [-0.2, 0) is 6.42 Å². The van der Waals surface area contributed by atoms with Crippen LogP contribution in [0.2, 0.25) is 0 Å². The standard InChI is InChI=1S/C12H12FN3/c1-2-11-15-7-9(12(14)16-11)8-5-3-4-6-10(8)13/h3-7H,2H2,1H3,(H2,14,15,16). The van der Waals surface area contributed by atoms with Crippen LogP contribution in [0, 0.1) is 5.82 Å². The van der Waals surface area contributed by atoms with Crippen molar-refractivity contribution in [2.24, 2.45) is 0 Å². The summed E-state index contributed by atoms with van der Waals surface area (Å²) < 4.78 is 13.5. The van der Waals surface area contributed by atoms with Crippen molar-refractivity contribution in [2.75, 3.05) is 5.73 Å². The first-order chi connectivity index (χ1) is 7.72. The highest BCUT2D eigenvalue weighted by atomic mass is 19.1. The summed E-state index contributed by atoms with van der Waals surface area (Å²) in [6.07, 6.45) is 2.28. The summed E-state index contributed by atoms with van der Waals surface area (Å²) in [5, 5.41) is 0. The summed E-state index contributed by atoms with van der Waals surface area (Å²) in [6, 6.07) is 6.44. The van der Waals surface area contributed by atoms with Gasteiger partial charge >= 0.3 is 0 Å². The van der Waals surface area contributed by atoms with Crippen molar-refractivity contribution in [1.82, 2.24) is 9.97 Å². The van der Waals surface area contributed by atoms with Gasteiger partial charge in [-0.1, -0.05) is 25.1 Å². The first-order valence-electron chi connectivity index (χ1n) is 5.08. The van der Waals surface area contributed by atoms with Crippen molar-refractivity contribution in [1.29, 1.82) is 0 Å². The minimum absolute atomic E-state index is 0.317. The summed E-state index contributed by atoms with van der Waals surface area (Å²) >= 11 is 0. The molecule has 0 aliphatic carbocycles. The number of nitrogens with zero attached hydrogens (tertiary/aromatic N) is 2. The molecular formula is C12H12FN3. The van der Waals surface area contributed by atoms with E-state index in [1.165, 1.54) is 6.07 Å². The average Bonchev–Trinajstić information content (AvgIpc) is 2.30. The minimum atomic E-state index is -0.318. The molecule has 1 heterocycles. The normalized spacial score (nSPS) is 10.4. The van der Waals surface area contributed by atoms with Gasteiger partial charge in [-0.05, 0) is 6.07 Å². The molecule has 1 aromatic carbocycles. The van der Waals surface area contributed by atoms with E-state index in [4.69, 9.17) is 5.73 Å². The molecule has 0 aliphatic rings. The number of anilines is 1. The number of nitrogen functional groups attached to an aromatic ring is 1. The Hall–Kier alpha value is -1.97. The van der Waals surface area contributed by atoms with Crippen LogP contribution >= 0.6 is 0 Å². The lowest BCUT2D eigenvalue weighted by atomic mass is 10.1. The molecule has 0 spiro atoms. The Kier molecular flexibility index (Phi) is 2.81. The van der Waals surface area contributed by atoms with Crippen LogP contribution in [0.25, 0.3) is 11.1 Å². The van der Waals surface area contributed by atoms with Crippen LogP contribution in [0.15, 0.2) is 30.5 Å². The SMILES string of the molecule is CCc1ncc(-c2ccccc2F)c(N)n1. The molecule has 2 rings (SSSR count). The predicted octanol–water partition coefficient (Wildman–Crippen LogP) is 2.43. The van der Waals surface area contributed by atoms with Crippen LogP contribution in [0.5, 0.6) is 0 Å². The van der Waals surface area contributed by atoms with Crippen molar-refractivity contribution in [3.8, 4) is 11.1 Å². The zero-order valence-corrected chi connectivity index (χ0v) is 8.94. The third-order valence-corrected chi connectivity index (χ3v) is 2.35. The van der Waals surface area contributed by atoms with E-state index in [0.29, 0.717) is 29.2 Å². The van der Waals surface area contributed by atoms with E-state index >= 15 is 0 Å². The molecule has 0 saturated heterocycles. The Morgan fingerprint density at radius 2 is 2.00 bits per heavy atom. The maximum Gasteiger partial charge on any atom is 0.135 e. The molecule has 4 heteroatoms. The van der Waals surface area contributed by atoms with E-state index in [2.05, 4.69) is 9.97 Å². The molecule has 82 valence electrons. The lowest BCUT2D eigenvalue weighted by molar-refractivity contribution is 0.631. The second-order valence-electron chi connectivity index (χ2n) is 3.42. The topological polar surface area (TPSA) is 51.8 Å². The fourth-order valence-corrected chi connectivity index (χ4v) is 1.49. The Balaban J connectivity index is 2.53. The molecular weight excluding hydrogens is 205 g/mol. The van der Waals surface area contributed by atoms with Gasteiger partial charge in [0, 0.05) is 23.7 Å². The highest BCUT2D eigenvalue weighted by molar-refractivity contribution is 5.73. The number of rotatable bonds is 2. The number of aryl methyl sites for hydroxylation is 1. The molecule has 1 aromatic heterocycles. The Labute approximate surface area is 93.2 Å². The van der Waals surface area contributed by atoms with Crippen LogP contribution < -0.4 is 5.73 Å². The average molecular weight is 217 g/mol. The van der Waals surface area contributed by atoms with E-state index in [1.807, 2.05) is 6.92 Å². The van der Waals surface area contributed by atoms with Crippen molar-refractivity contribution >= 4 is 5.82 Å². The highest BCUT2D eigenvalue weighted by Gasteiger charge is 2.09. The van der Waals surface area contributed by atoms with Gasteiger partial charge in [0.05, 0.1) is 0 Å². The number of hydrogen-bond acceptors (Lipinski definition) is 3. The molecule has 2 N–H and O–H groups in total. The lowest BCUT2D eigenvalue weighted by Gasteiger charge is -2.06. The van der Waals surface area contributed by atoms with Gasteiger partial charge in [-0.3, -0.25) is 0 Å². The van der Waals surface area contributed by atoms with Gasteiger partial charge in [0.2, 0.25) is 0 Å². The fourth-order valence-electron chi connectivity index (χ4n) is 1.49. The molecule has 0 amide bonds. The molecule has 2 aromatic rings. The van der Waals surface area contributed by atoms with E-state index in [1.54, 1.807) is 24.4 Å². The number of hydrogen-bond donors (Lipinski definition) is 1. The van der Waals surface area contributed by atoms with Gasteiger partial charge in [-0.15, -0.1) is 0 Å². The van der Waals surface area contributed by atoms with Crippen molar-refractivity contribution in [3.05, 3.63) is 42.1 Å². The van der Waals surface area contributed by atoms with Crippen molar-refractivity contribution in [3.63, 3.8) is 0 Å².